The molecule has 1 atom stereocenters. The summed E-state index contributed by atoms with van der Waals surface area (Å²) in [6, 6.07) is 24.1. The summed E-state index contributed by atoms with van der Waals surface area (Å²) in [5.41, 5.74) is 1.87. The Balaban J connectivity index is 1.22. The molecule has 2 heterocycles. The number of furan rings is 2. The fourth-order valence-corrected chi connectivity index (χ4v) is 3.74. The number of hydrogen-bond acceptors (Lipinski definition) is 6. The van der Waals surface area contributed by atoms with Crippen molar-refractivity contribution < 1.29 is 23.2 Å². The highest BCUT2D eigenvalue weighted by Gasteiger charge is 2.19. The maximum Gasteiger partial charge on any atom is 0.379 e. The second kappa shape index (κ2) is 8.99. The molecule has 1 unspecified atom stereocenters. The lowest BCUT2D eigenvalue weighted by atomic mass is 10.2. The number of anilines is 1. The van der Waals surface area contributed by atoms with Crippen molar-refractivity contribution in [1.29, 1.82) is 0 Å². The maximum absolute atomic E-state index is 12.7. The molecule has 0 saturated carbocycles. The Hall–Kier alpha value is -4.17. The van der Waals surface area contributed by atoms with Gasteiger partial charge in [0.1, 0.15) is 22.7 Å². The quantitative estimate of drug-likeness (QED) is 0.173. The molecule has 5 aromatic rings. The summed E-state index contributed by atoms with van der Waals surface area (Å²) < 4.78 is 17.9. The van der Waals surface area contributed by atoms with Gasteiger partial charge in [0, 0.05) is 10.8 Å². The number of carbonyl (C=O) groups excluding carboxylic acids is 2. The summed E-state index contributed by atoms with van der Waals surface area (Å²) in [7, 11) is 0. The van der Waals surface area contributed by atoms with Crippen molar-refractivity contribution in [3.63, 3.8) is 0 Å². The molecule has 0 saturated heterocycles. The molecule has 0 bridgehead atoms. The van der Waals surface area contributed by atoms with Crippen molar-refractivity contribution in [3.8, 4) is 5.75 Å². The third kappa shape index (κ3) is 4.35. The molecule has 2 aromatic heterocycles. The van der Waals surface area contributed by atoms with Crippen LogP contribution in [0, 0.1) is 0 Å². The largest absolute Gasteiger partial charge is 0.459 e. The molecule has 7 nitrogen and oxygen atoms in total. The predicted molar refractivity (Wildman–Crippen MR) is 132 cm³/mol. The van der Waals surface area contributed by atoms with E-state index in [0.717, 1.165) is 16.4 Å². The molecular weight excluding hydrogens is 452 g/mol. The Bertz CT molecular complexity index is 1420. The van der Waals surface area contributed by atoms with Crippen LogP contribution in [-0.2, 0) is 0 Å². The highest BCUT2D eigenvalue weighted by atomic mass is 32.1. The van der Waals surface area contributed by atoms with Crippen LogP contribution in [0.25, 0.3) is 21.9 Å². The minimum absolute atomic E-state index is 0.111. The highest BCUT2D eigenvalue weighted by molar-refractivity contribution is 7.82. The lowest BCUT2D eigenvalue weighted by Gasteiger charge is -2.19. The van der Waals surface area contributed by atoms with Gasteiger partial charge in [-0.1, -0.05) is 49.2 Å². The summed E-state index contributed by atoms with van der Waals surface area (Å²) >= 11 is 4.31. The molecule has 1 N–H and O–H groups in total. The minimum Gasteiger partial charge on any atom is -0.459 e. The zero-order valence-corrected chi connectivity index (χ0v) is 19.0. The van der Waals surface area contributed by atoms with Gasteiger partial charge in [0.2, 0.25) is 5.76 Å². The van der Waals surface area contributed by atoms with Gasteiger partial charge >= 0.3 is 12.0 Å². The van der Waals surface area contributed by atoms with E-state index in [1.54, 1.807) is 36.4 Å². The van der Waals surface area contributed by atoms with Gasteiger partial charge in [-0.3, -0.25) is 0 Å². The molecule has 170 valence electrons. The number of carbonyl (C=O) groups is 2. The second-order valence-electron chi connectivity index (χ2n) is 7.70. The van der Waals surface area contributed by atoms with E-state index in [9.17, 15) is 9.59 Å². The Labute approximate surface area is 200 Å². The SMILES string of the molecule is CC(NC(=O)N(S)c1ccc(OC(=O)c2cc3ccccc3o2)cc1)c1cc2ccccc2o1. The van der Waals surface area contributed by atoms with Gasteiger partial charge in [-0.05, 0) is 55.5 Å². The summed E-state index contributed by atoms with van der Waals surface area (Å²) in [4.78, 5) is 25.1. The average Bonchev–Trinajstić information content (AvgIpc) is 3.48. The molecule has 34 heavy (non-hydrogen) atoms. The molecule has 0 aliphatic carbocycles. The van der Waals surface area contributed by atoms with E-state index in [1.807, 2.05) is 55.5 Å². The minimum atomic E-state index is -0.607. The zero-order valence-electron chi connectivity index (χ0n) is 18.1. The predicted octanol–water partition coefficient (Wildman–Crippen LogP) is 6.52. The number of para-hydroxylation sites is 2. The van der Waals surface area contributed by atoms with Crippen molar-refractivity contribution in [3.05, 3.63) is 96.4 Å². The molecule has 0 aliphatic heterocycles. The second-order valence-corrected chi connectivity index (χ2v) is 8.10. The molecular formula is C26H20N2O5S. The summed E-state index contributed by atoms with van der Waals surface area (Å²) in [5, 5.41) is 4.64. The number of esters is 1. The topological polar surface area (TPSA) is 84.9 Å². The van der Waals surface area contributed by atoms with Crippen molar-refractivity contribution in [1.82, 2.24) is 5.32 Å². The van der Waals surface area contributed by atoms with Crippen molar-refractivity contribution in [2.75, 3.05) is 4.31 Å². The monoisotopic (exact) mass is 472 g/mol. The van der Waals surface area contributed by atoms with Crippen LogP contribution in [0.5, 0.6) is 5.75 Å². The van der Waals surface area contributed by atoms with E-state index in [4.69, 9.17) is 13.6 Å². The van der Waals surface area contributed by atoms with Gasteiger partial charge < -0.3 is 18.9 Å². The fourth-order valence-electron chi connectivity index (χ4n) is 3.55. The highest BCUT2D eigenvalue weighted by Crippen LogP contribution is 2.26. The van der Waals surface area contributed by atoms with Crippen LogP contribution in [-0.4, -0.2) is 12.0 Å². The standard InChI is InChI=1S/C26H20N2O5S/c1-16(23-14-17-6-2-4-8-21(17)32-23)27-26(30)28(34)19-10-12-20(13-11-19)31-25(29)24-15-18-7-3-5-9-22(18)33-24/h2-16,34H,1H3,(H,27,30). The van der Waals surface area contributed by atoms with Gasteiger partial charge in [-0.2, -0.15) is 0 Å². The number of ether oxygens (including phenoxy) is 1. The van der Waals surface area contributed by atoms with E-state index < -0.39 is 12.0 Å². The Kier molecular flexibility index (Phi) is 5.73. The number of urea groups is 1. The molecule has 0 aliphatic rings. The van der Waals surface area contributed by atoms with E-state index in [1.165, 1.54) is 4.31 Å². The summed E-state index contributed by atoms with van der Waals surface area (Å²) in [6.45, 7) is 1.83. The third-order valence-corrected chi connectivity index (χ3v) is 5.73. The molecule has 2 amide bonds. The van der Waals surface area contributed by atoms with Crippen LogP contribution in [0.15, 0.2) is 93.8 Å². The van der Waals surface area contributed by atoms with Crippen molar-refractivity contribution >= 4 is 52.4 Å². The van der Waals surface area contributed by atoms with Crippen LogP contribution in [0.4, 0.5) is 10.5 Å². The van der Waals surface area contributed by atoms with Crippen LogP contribution in [0.3, 0.4) is 0 Å². The molecule has 8 heteroatoms. The average molecular weight is 473 g/mol. The Morgan fingerprint density at radius 2 is 1.50 bits per heavy atom. The van der Waals surface area contributed by atoms with Gasteiger partial charge in [0.05, 0.1) is 11.7 Å². The number of thiol groups is 1. The molecule has 0 radical (unpaired) electrons. The van der Waals surface area contributed by atoms with E-state index in [0.29, 0.717) is 22.8 Å². The van der Waals surface area contributed by atoms with Gasteiger partial charge in [-0.15, -0.1) is 0 Å². The summed E-state index contributed by atoms with van der Waals surface area (Å²) in [5.74, 6) is 0.459. The van der Waals surface area contributed by atoms with Crippen LogP contribution in [0.1, 0.15) is 29.3 Å². The number of nitrogens with zero attached hydrogens (tertiary/aromatic N) is 1. The molecule has 0 fully saturated rings. The van der Waals surface area contributed by atoms with Crippen molar-refractivity contribution in [2.45, 2.75) is 13.0 Å². The number of benzene rings is 3. The van der Waals surface area contributed by atoms with Gasteiger partial charge in [-0.25, -0.2) is 13.9 Å². The first-order valence-corrected chi connectivity index (χ1v) is 11.0. The van der Waals surface area contributed by atoms with Gasteiger partial charge in [0.25, 0.3) is 0 Å². The first-order valence-electron chi connectivity index (χ1n) is 10.6. The fraction of sp³-hybridized carbons (Fsp3) is 0.0769. The normalized spacial score (nSPS) is 11.9. The Morgan fingerprint density at radius 3 is 2.15 bits per heavy atom. The number of fused-ring (bicyclic) bond motifs is 2. The van der Waals surface area contributed by atoms with E-state index in [-0.39, 0.29) is 11.8 Å². The Morgan fingerprint density at radius 1 is 0.882 bits per heavy atom. The number of rotatable bonds is 5. The van der Waals surface area contributed by atoms with Crippen molar-refractivity contribution in [2.24, 2.45) is 0 Å². The lowest BCUT2D eigenvalue weighted by Crippen LogP contribution is -2.35. The van der Waals surface area contributed by atoms with Crippen LogP contribution < -0.4 is 14.4 Å². The van der Waals surface area contributed by atoms with Crippen LogP contribution in [0.2, 0.25) is 0 Å². The first kappa shape index (κ1) is 21.7. The smallest absolute Gasteiger partial charge is 0.379 e. The number of hydrogen-bond donors (Lipinski definition) is 2. The van der Waals surface area contributed by atoms with E-state index in [2.05, 4.69) is 18.1 Å². The maximum atomic E-state index is 12.7. The molecule has 3 aromatic carbocycles. The zero-order chi connectivity index (χ0) is 23.7. The first-order chi connectivity index (χ1) is 16.5. The lowest BCUT2D eigenvalue weighted by molar-refractivity contribution is 0.0704. The third-order valence-electron chi connectivity index (χ3n) is 5.32. The number of nitrogens with one attached hydrogen (secondary N) is 1. The van der Waals surface area contributed by atoms with Crippen LogP contribution >= 0.6 is 12.8 Å². The van der Waals surface area contributed by atoms with Gasteiger partial charge in [0.15, 0.2) is 0 Å². The summed E-state index contributed by atoms with van der Waals surface area (Å²) in [6.07, 6.45) is 0. The molecule has 0 spiro atoms. The molecule has 5 rings (SSSR count). The number of amides is 2. The van der Waals surface area contributed by atoms with E-state index >= 15 is 0 Å².